The average molecular weight is 297 g/mol. The fraction of sp³-hybridized carbons (Fsp3) is 1.00. The summed E-state index contributed by atoms with van der Waals surface area (Å²) >= 11 is 0. The van der Waals surface area contributed by atoms with Crippen LogP contribution in [0.4, 0.5) is 0 Å². The van der Waals surface area contributed by atoms with Crippen LogP contribution in [0.25, 0.3) is 0 Å². The van der Waals surface area contributed by atoms with Gasteiger partial charge in [0.2, 0.25) is 0 Å². The molecule has 0 N–H and O–H groups in total. The molecule has 0 aliphatic carbocycles. The van der Waals surface area contributed by atoms with Crippen LogP contribution in [0.1, 0.15) is 119 Å². The summed E-state index contributed by atoms with van der Waals surface area (Å²) in [7, 11) is 0. The van der Waals surface area contributed by atoms with E-state index >= 15 is 0 Å². The summed E-state index contributed by atoms with van der Waals surface area (Å²) in [6.07, 6.45) is 15.6. The van der Waals surface area contributed by atoms with Gasteiger partial charge in [-0.05, 0) is 36.0 Å². The van der Waals surface area contributed by atoms with Crippen LogP contribution < -0.4 is 0 Å². The lowest BCUT2D eigenvalue weighted by molar-refractivity contribution is 0.181. The van der Waals surface area contributed by atoms with Crippen molar-refractivity contribution in [2.24, 2.45) is 16.7 Å². The molecule has 0 rings (SSSR count). The summed E-state index contributed by atoms with van der Waals surface area (Å²) in [6.45, 7) is 16.7. The normalized spacial score (nSPS) is 14.4. The molecule has 1 atom stereocenters. The van der Waals surface area contributed by atoms with Crippen molar-refractivity contribution in [3.63, 3.8) is 0 Å². The Bertz CT molecular complexity index is 231. The van der Waals surface area contributed by atoms with Crippen molar-refractivity contribution >= 4 is 0 Å². The number of hydrogen-bond donors (Lipinski definition) is 0. The third kappa shape index (κ3) is 13.4. The molecule has 0 aliphatic rings. The van der Waals surface area contributed by atoms with Gasteiger partial charge in [0.1, 0.15) is 0 Å². The van der Waals surface area contributed by atoms with Gasteiger partial charge in [-0.1, -0.05) is 99.8 Å². The Morgan fingerprint density at radius 2 is 1.24 bits per heavy atom. The average Bonchev–Trinajstić information content (AvgIpc) is 2.34. The summed E-state index contributed by atoms with van der Waals surface area (Å²) in [4.78, 5) is 0. The standard InChI is InChI=1S/C21H44/c1-8-10-12-13-15-19(14-11-9-2)16-17-21(6,7)18-20(3,4)5/h19H,8-18H2,1-7H3. The minimum atomic E-state index is 0.462. The van der Waals surface area contributed by atoms with Crippen molar-refractivity contribution in [1.29, 1.82) is 0 Å². The van der Waals surface area contributed by atoms with Crippen LogP contribution >= 0.6 is 0 Å². The molecule has 21 heavy (non-hydrogen) atoms. The highest BCUT2D eigenvalue weighted by atomic mass is 14.3. The van der Waals surface area contributed by atoms with E-state index in [1.54, 1.807) is 0 Å². The zero-order valence-electron chi connectivity index (χ0n) is 16.4. The highest BCUT2D eigenvalue weighted by molar-refractivity contribution is 4.77. The second-order valence-electron chi connectivity index (χ2n) is 9.30. The number of hydrogen-bond acceptors (Lipinski definition) is 0. The highest BCUT2D eigenvalue weighted by Crippen LogP contribution is 2.38. The maximum atomic E-state index is 2.48. The molecule has 0 saturated heterocycles. The molecule has 0 aromatic carbocycles. The van der Waals surface area contributed by atoms with Crippen LogP contribution in [0, 0.1) is 16.7 Å². The van der Waals surface area contributed by atoms with E-state index in [1.165, 1.54) is 70.6 Å². The van der Waals surface area contributed by atoms with Gasteiger partial charge in [-0.3, -0.25) is 0 Å². The van der Waals surface area contributed by atoms with Gasteiger partial charge in [-0.2, -0.15) is 0 Å². The molecule has 0 heterocycles. The molecule has 0 radical (unpaired) electrons. The fourth-order valence-corrected chi connectivity index (χ4v) is 3.90. The monoisotopic (exact) mass is 296 g/mol. The maximum Gasteiger partial charge on any atom is -0.0349 e. The van der Waals surface area contributed by atoms with Crippen LogP contribution in [0.15, 0.2) is 0 Å². The van der Waals surface area contributed by atoms with Crippen LogP contribution in [-0.4, -0.2) is 0 Å². The van der Waals surface area contributed by atoms with E-state index in [0.717, 1.165) is 5.92 Å². The Morgan fingerprint density at radius 1 is 0.667 bits per heavy atom. The van der Waals surface area contributed by atoms with E-state index < -0.39 is 0 Å². The van der Waals surface area contributed by atoms with Crippen molar-refractivity contribution in [2.75, 3.05) is 0 Å². The minimum Gasteiger partial charge on any atom is -0.0654 e. The molecule has 0 saturated carbocycles. The molecule has 0 amide bonds. The lowest BCUT2D eigenvalue weighted by atomic mass is 9.72. The summed E-state index contributed by atoms with van der Waals surface area (Å²) in [5.74, 6) is 0.987. The van der Waals surface area contributed by atoms with Crippen molar-refractivity contribution in [3.05, 3.63) is 0 Å². The topological polar surface area (TPSA) is 0 Å². The summed E-state index contributed by atoms with van der Waals surface area (Å²) in [5.41, 5.74) is 0.968. The first-order valence-corrected chi connectivity index (χ1v) is 9.70. The minimum absolute atomic E-state index is 0.462. The van der Waals surface area contributed by atoms with E-state index in [0.29, 0.717) is 10.8 Å². The summed E-state index contributed by atoms with van der Waals surface area (Å²) in [6, 6.07) is 0. The predicted molar refractivity (Wildman–Crippen MR) is 98.9 cm³/mol. The largest absolute Gasteiger partial charge is 0.0654 e. The summed E-state index contributed by atoms with van der Waals surface area (Å²) < 4.78 is 0. The molecule has 0 spiro atoms. The van der Waals surface area contributed by atoms with Gasteiger partial charge in [0.25, 0.3) is 0 Å². The predicted octanol–water partition coefficient (Wildman–Crippen LogP) is 8.01. The second-order valence-corrected chi connectivity index (χ2v) is 9.30. The van der Waals surface area contributed by atoms with Gasteiger partial charge in [0, 0.05) is 0 Å². The summed E-state index contributed by atoms with van der Waals surface area (Å²) in [5, 5.41) is 0. The lowest BCUT2D eigenvalue weighted by Gasteiger charge is -2.33. The zero-order valence-corrected chi connectivity index (χ0v) is 16.4. The van der Waals surface area contributed by atoms with Gasteiger partial charge < -0.3 is 0 Å². The third-order valence-corrected chi connectivity index (χ3v) is 4.67. The Balaban J connectivity index is 4.19. The molecule has 0 fully saturated rings. The van der Waals surface area contributed by atoms with Gasteiger partial charge in [0.15, 0.2) is 0 Å². The molecule has 1 unspecified atom stereocenters. The first kappa shape index (κ1) is 21.0. The van der Waals surface area contributed by atoms with Crippen LogP contribution in [0.3, 0.4) is 0 Å². The van der Waals surface area contributed by atoms with Crippen LogP contribution in [0.5, 0.6) is 0 Å². The van der Waals surface area contributed by atoms with Gasteiger partial charge in [0.05, 0.1) is 0 Å². The maximum absolute atomic E-state index is 2.48. The molecule has 0 heteroatoms. The lowest BCUT2D eigenvalue weighted by Crippen LogP contribution is -2.21. The van der Waals surface area contributed by atoms with Crippen LogP contribution in [-0.2, 0) is 0 Å². The van der Waals surface area contributed by atoms with E-state index in [-0.39, 0.29) is 0 Å². The third-order valence-electron chi connectivity index (χ3n) is 4.67. The van der Waals surface area contributed by atoms with Crippen molar-refractivity contribution in [2.45, 2.75) is 119 Å². The Morgan fingerprint density at radius 3 is 1.76 bits per heavy atom. The first-order valence-electron chi connectivity index (χ1n) is 9.70. The van der Waals surface area contributed by atoms with Gasteiger partial charge >= 0.3 is 0 Å². The number of rotatable bonds is 12. The molecular weight excluding hydrogens is 252 g/mol. The Kier molecular flexibility index (Phi) is 10.7. The first-order chi connectivity index (χ1) is 9.70. The second kappa shape index (κ2) is 10.7. The number of unbranched alkanes of at least 4 members (excludes halogenated alkanes) is 4. The molecule has 0 bridgehead atoms. The van der Waals surface area contributed by atoms with E-state index in [4.69, 9.17) is 0 Å². The Hall–Kier alpha value is 0. The molecule has 0 aliphatic heterocycles. The zero-order chi connectivity index (χ0) is 16.4. The quantitative estimate of drug-likeness (QED) is 0.320. The molecule has 0 aromatic rings. The van der Waals surface area contributed by atoms with Gasteiger partial charge in [-0.25, -0.2) is 0 Å². The van der Waals surface area contributed by atoms with Gasteiger partial charge in [-0.15, -0.1) is 0 Å². The smallest absolute Gasteiger partial charge is 0.0349 e. The SMILES string of the molecule is CCCCCCC(CCCC)CCC(C)(C)CC(C)(C)C. The molecule has 0 nitrogen and oxygen atoms in total. The fourth-order valence-electron chi connectivity index (χ4n) is 3.90. The van der Waals surface area contributed by atoms with Crippen LogP contribution in [0.2, 0.25) is 0 Å². The highest BCUT2D eigenvalue weighted by Gasteiger charge is 2.26. The van der Waals surface area contributed by atoms with E-state index in [1.807, 2.05) is 0 Å². The van der Waals surface area contributed by atoms with Crippen molar-refractivity contribution in [1.82, 2.24) is 0 Å². The molecule has 0 aromatic heterocycles. The Labute approximate surface area is 136 Å². The molecular formula is C21H44. The van der Waals surface area contributed by atoms with Crippen molar-refractivity contribution < 1.29 is 0 Å². The van der Waals surface area contributed by atoms with E-state index in [2.05, 4.69) is 48.5 Å². The van der Waals surface area contributed by atoms with E-state index in [9.17, 15) is 0 Å². The molecule has 128 valence electrons. The van der Waals surface area contributed by atoms with Crippen molar-refractivity contribution in [3.8, 4) is 0 Å².